The molecule has 1 aliphatic rings. The van der Waals surface area contributed by atoms with Crippen LogP contribution in [0.15, 0.2) is 72.8 Å². The summed E-state index contributed by atoms with van der Waals surface area (Å²) >= 11 is 0. The molecule has 1 heterocycles. The van der Waals surface area contributed by atoms with Gasteiger partial charge in [0, 0.05) is 5.56 Å². The average molecular weight is 324 g/mol. The number of nitriles is 1. The molecule has 118 valence electrons. The van der Waals surface area contributed by atoms with E-state index in [0.29, 0.717) is 22.4 Å². The van der Waals surface area contributed by atoms with Crippen LogP contribution in [0, 0.1) is 11.3 Å². The predicted molar refractivity (Wildman–Crippen MR) is 94.2 cm³/mol. The lowest BCUT2D eigenvalue weighted by atomic mass is 10.0. The predicted octanol–water partition coefficient (Wildman–Crippen LogP) is 4.03. The fourth-order valence-electron chi connectivity index (χ4n) is 3.05. The van der Waals surface area contributed by atoms with E-state index in [9.17, 15) is 9.59 Å². The van der Waals surface area contributed by atoms with Crippen molar-refractivity contribution in [3.05, 3.63) is 89.5 Å². The summed E-state index contributed by atoms with van der Waals surface area (Å²) in [6, 6.07) is 23.3. The Kier molecular flexibility index (Phi) is 3.41. The molecule has 0 saturated heterocycles. The molecule has 0 bridgehead atoms. The molecule has 3 aromatic carbocycles. The van der Waals surface area contributed by atoms with Crippen molar-refractivity contribution in [3.8, 4) is 17.2 Å². The lowest BCUT2D eigenvalue weighted by Gasteiger charge is -2.18. The fourth-order valence-corrected chi connectivity index (χ4v) is 3.05. The topological polar surface area (TPSA) is 61.2 Å². The van der Waals surface area contributed by atoms with Gasteiger partial charge in [-0.3, -0.25) is 9.59 Å². The zero-order chi connectivity index (χ0) is 17.4. The van der Waals surface area contributed by atoms with Crippen molar-refractivity contribution >= 4 is 17.5 Å². The first-order chi connectivity index (χ1) is 12.2. The fraction of sp³-hybridized carbons (Fsp3) is 0. The first kappa shape index (κ1) is 14.9. The maximum atomic E-state index is 12.8. The van der Waals surface area contributed by atoms with E-state index >= 15 is 0 Å². The number of carbonyl (C=O) groups excluding carboxylic acids is 2. The van der Waals surface area contributed by atoms with Crippen LogP contribution in [0.2, 0.25) is 0 Å². The Labute approximate surface area is 144 Å². The minimum absolute atomic E-state index is 0.318. The summed E-state index contributed by atoms with van der Waals surface area (Å²) in [6.45, 7) is 0. The molecule has 0 radical (unpaired) electrons. The molecule has 0 fully saturated rings. The molecule has 0 spiro atoms. The quantitative estimate of drug-likeness (QED) is 0.669. The van der Waals surface area contributed by atoms with Crippen molar-refractivity contribution in [2.45, 2.75) is 0 Å². The van der Waals surface area contributed by atoms with Crippen molar-refractivity contribution in [1.29, 1.82) is 5.26 Å². The molecule has 4 nitrogen and oxygen atoms in total. The second-order valence-corrected chi connectivity index (χ2v) is 5.70. The first-order valence-corrected chi connectivity index (χ1v) is 7.78. The summed E-state index contributed by atoms with van der Waals surface area (Å²) in [5.41, 5.74) is 3.54. The number of rotatable bonds is 2. The number of benzene rings is 3. The van der Waals surface area contributed by atoms with Crippen LogP contribution in [-0.2, 0) is 0 Å². The number of amides is 2. The van der Waals surface area contributed by atoms with Crippen molar-refractivity contribution in [3.63, 3.8) is 0 Å². The summed E-state index contributed by atoms with van der Waals surface area (Å²) in [7, 11) is 0. The van der Waals surface area contributed by atoms with E-state index in [2.05, 4.69) is 6.07 Å². The first-order valence-electron chi connectivity index (χ1n) is 7.78. The lowest BCUT2D eigenvalue weighted by Crippen LogP contribution is -2.29. The summed E-state index contributed by atoms with van der Waals surface area (Å²) in [4.78, 5) is 26.7. The molecule has 0 atom stereocenters. The highest BCUT2D eigenvalue weighted by Crippen LogP contribution is 2.35. The van der Waals surface area contributed by atoms with Crippen molar-refractivity contribution in [2.24, 2.45) is 0 Å². The van der Waals surface area contributed by atoms with E-state index in [1.165, 1.54) is 4.90 Å². The average Bonchev–Trinajstić information content (AvgIpc) is 2.93. The molecule has 0 unspecified atom stereocenters. The second kappa shape index (κ2) is 5.73. The summed E-state index contributed by atoms with van der Waals surface area (Å²) in [5.74, 6) is -0.636. The maximum Gasteiger partial charge on any atom is 0.266 e. The number of hydrogen-bond acceptors (Lipinski definition) is 3. The van der Waals surface area contributed by atoms with E-state index in [1.807, 2.05) is 24.3 Å². The van der Waals surface area contributed by atoms with Crippen LogP contribution < -0.4 is 4.90 Å². The minimum atomic E-state index is -0.318. The van der Waals surface area contributed by atoms with Gasteiger partial charge in [-0.1, -0.05) is 42.5 Å². The van der Waals surface area contributed by atoms with Crippen molar-refractivity contribution in [1.82, 2.24) is 0 Å². The Hall–Kier alpha value is -3.71. The molecule has 4 heteroatoms. The monoisotopic (exact) mass is 324 g/mol. The lowest BCUT2D eigenvalue weighted by molar-refractivity contribution is 0.0926. The molecule has 3 aromatic rings. The number of carbonyl (C=O) groups is 2. The van der Waals surface area contributed by atoms with Crippen LogP contribution in [0.25, 0.3) is 11.1 Å². The number of hydrogen-bond donors (Lipinski definition) is 0. The Morgan fingerprint density at radius 2 is 1.20 bits per heavy atom. The summed E-state index contributed by atoms with van der Waals surface area (Å²) in [5, 5.41) is 8.95. The molecular formula is C21H12N2O2. The number of imide groups is 1. The van der Waals surface area contributed by atoms with Gasteiger partial charge < -0.3 is 0 Å². The molecule has 0 aliphatic carbocycles. The smallest absolute Gasteiger partial charge is 0.266 e. The molecule has 2 amide bonds. The Morgan fingerprint density at radius 1 is 0.680 bits per heavy atom. The van der Waals surface area contributed by atoms with Gasteiger partial charge >= 0.3 is 0 Å². The van der Waals surface area contributed by atoms with Gasteiger partial charge in [-0.25, -0.2) is 4.90 Å². The highest BCUT2D eigenvalue weighted by molar-refractivity contribution is 6.35. The molecule has 0 aromatic heterocycles. The third-order valence-electron chi connectivity index (χ3n) is 4.26. The van der Waals surface area contributed by atoms with Crippen LogP contribution in [0.5, 0.6) is 0 Å². The van der Waals surface area contributed by atoms with Crippen molar-refractivity contribution < 1.29 is 9.59 Å². The molecule has 25 heavy (non-hydrogen) atoms. The molecule has 0 saturated carbocycles. The molecule has 1 aliphatic heterocycles. The third kappa shape index (κ3) is 2.30. The Balaban J connectivity index is 1.84. The van der Waals surface area contributed by atoms with Gasteiger partial charge in [0.15, 0.2) is 0 Å². The van der Waals surface area contributed by atoms with Gasteiger partial charge in [-0.05, 0) is 35.9 Å². The van der Waals surface area contributed by atoms with Gasteiger partial charge in [0.25, 0.3) is 11.8 Å². The molecule has 0 N–H and O–H groups in total. The van der Waals surface area contributed by atoms with Gasteiger partial charge in [0.05, 0.1) is 28.4 Å². The van der Waals surface area contributed by atoms with E-state index in [0.717, 1.165) is 11.1 Å². The zero-order valence-corrected chi connectivity index (χ0v) is 13.1. The standard InChI is InChI=1S/C21H12N2O2/c22-13-14-9-11-15(12-10-14)16-5-3-4-8-19(16)23-20(24)17-6-1-2-7-18(17)21(23)25/h1-12H. The minimum Gasteiger partial charge on any atom is -0.268 e. The Morgan fingerprint density at radius 3 is 1.76 bits per heavy atom. The zero-order valence-electron chi connectivity index (χ0n) is 13.1. The largest absolute Gasteiger partial charge is 0.268 e. The number of fused-ring (bicyclic) bond motifs is 1. The highest BCUT2D eigenvalue weighted by Gasteiger charge is 2.37. The molecular weight excluding hydrogens is 312 g/mol. The van der Waals surface area contributed by atoms with Crippen LogP contribution >= 0.6 is 0 Å². The van der Waals surface area contributed by atoms with Gasteiger partial charge in [0.2, 0.25) is 0 Å². The van der Waals surface area contributed by atoms with Crippen LogP contribution in [0.3, 0.4) is 0 Å². The SMILES string of the molecule is N#Cc1ccc(-c2ccccc2N2C(=O)c3ccccc3C2=O)cc1. The van der Waals surface area contributed by atoms with Crippen LogP contribution in [-0.4, -0.2) is 11.8 Å². The number of para-hydroxylation sites is 1. The third-order valence-corrected chi connectivity index (χ3v) is 4.26. The van der Waals surface area contributed by atoms with E-state index < -0.39 is 0 Å². The number of anilines is 1. The maximum absolute atomic E-state index is 12.8. The van der Waals surface area contributed by atoms with Crippen LogP contribution in [0.4, 0.5) is 5.69 Å². The van der Waals surface area contributed by atoms with Gasteiger partial charge in [-0.15, -0.1) is 0 Å². The van der Waals surface area contributed by atoms with Crippen LogP contribution in [0.1, 0.15) is 26.3 Å². The van der Waals surface area contributed by atoms with E-state index in [1.54, 1.807) is 48.5 Å². The van der Waals surface area contributed by atoms with E-state index in [-0.39, 0.29) is 11.8 Å². The normalized spacial score (nSPS) is 12.8. The highest BCUT2D eigenvalue weighted by atomic mass is 16.2. The van der Waals surface area contributed by atoms with Gasteiger partial charge in [-0.2, -0.15) is 5.26 Å². The molecule has 4 rings (SSSR count). The van der Waals surface area contributed by atoms with Gasteiger partial charge in [0.1, 0.15) is 0 Å². The number of nitrogens with zero attached hydrogens (tertiary/aromatic N) is 2. The Bertz CT molecular complexity index is 1010. The summed E-state index contributed by atoms with van der Waals surface area (Å²) in [6.07, 6.45) is 0. The summed E-state index contributed by atoms with van der Waals surface area (Å²) < 4.78 is 0. The second-order valence-electron chi connectivity index (χ2n) is 5.70. The van der Waals surface area contributed by atoms with E-state index in [4.69, 9.17) is 5.26 Å². The van der Waals surface area contributed by atoms with Crippen molar-refractivity contribution in [2.75, 3.05) is 4.90 Å².